The summed E-state index contributed by atoms with van der Waals surface area (Å²) in [7, 11) is 0. The quantitative estimate of drug-likeness (QED) is 0.810. The minimum Gasteiger partial charge on any atom is -0.399 e. The molecule has 0 aliphatic carbocycles. The van der Waals surface area contributed by atoms with Crippen molar-refractivity contribution in [3.8, 4) is 0 Å². The standard InChI is InChI=1S/C13H12F3N5O/c14-13(15,16)12-19-18-10-7-20(5-6-21(10)12)11(22)8-1-3-9(17)4-2-8/h1-4H,5-7,17H2. The van der Waals surface area contributed by atoms with E-state index >= 15 is 0 Å². The van der Waals surface area contributed by atoms with Gasteiger partial charge < -0.3 is 15.2 Å². The Balaban J connectivity index is 1.81. The van der Waals surface area contributed by atoms with E-state index in [1.807, 2.05) is 0 Å². The molecule has 22 heavy (non-hydrogen) atoms. The summed E-state index contributed by atoms with van der Waals surface area (Å²) in [5.74, 6) is -1.17. The van der Waals surface area contributed by atoms with E-state index in [2.05, 4.69) is 10.2 Å². The predicted octanol–water partition coefficient (Wildman–Crippen LogP) is 1.54. The SMILES string of the molecule is Nc1ccc(C(=O)N2CCn3c(nnc3C(F)(F)F)C2)cc1. The summed E-state index contributed by atoms with van der Waals surface area (Å²) >= 11 is 0. The van der Waals surface area contributed by atoms with Crippen LogP contribution in [0, 0.1) is 0 Å². The molecule has 1 aromatic carbocycles. The second-order valence-electron chi connectivity index (χ2n) is 4.94. The van der Waals surface area contributed by atoms with Crippen LogP contribution in [0.15, 0.2) is 24.3 Å². The van der Waals surface area contributed by atoms with Gasteiger partial charge in [-0.1, -0.05) is 0 Å². The molecule has 2 N–H and O–H groups in total. The van der Waals surface area contributed by atoms with E-state index in [-0.39, 0.29) is 31.4 Å². The lowest BCUT2D eigenvalue weighted by Gasteiger charge is -2.28. The Labute approximate surface area is 123 Å². The van der Waals surface area contributed by atoms with Crippen molar-refractivity contribution >= 4 is 11.6 Å². The van der Waals surface area contributed by atoms with Crippen LogP contribution >= 0.6 is 0 Å². The van der Waals surface area contributed by atoms with Crippen molar-refractivity contribution in [3.63, 3.8) is 0 Å². The number of carbonyl (C=O) groups is 1. The normalized spacial score (nSPS) is 14.8. The molecule has 6 nitrogen and oxygen atoms in total. The van der Waals surface area contributed by atoms with Crippen molar-refractivity contribution in [3.05, 3.63) is 41.5 Å². The summed E-state index contributed by atoms with van der Waals surface area (Å²) in [6, 6.07) is 6.36. The van der Waals surface area contributed by atoms with Gasteiger partial charge in [-0.3, -0.25) is 4.79 Å². The number of fused-ring (bicyclic) bond motifs is 1. The lowest BCUT2D eigenvalue weighted by molar-refractivity contribution is -0.147. The van der Waals surface area contributed by atoms with E-state index in [9.17, 15) is 18.0 Å². The molecular weight excluding hydrogens is 299 g/mol. The number of carbonyl (C=O) groups excluding carboxylic acids is 1. The summed E-state index contributed by atoms with van der Waals surface area (Å²) in [6.07, 6.45) is -4.55. The number of benzene rings is 1. The van der Waals surface area contributed by atoms with E-state index in [1.54, 1.807) is 24.3 Å². The number of nitrogens with zero attached hydrogens (tertiary/aromatic N) is 4. The van der Waals surface area contributed by atoms with Gasteiger partial charge in [-0.25, -0.2) is 0 Å². The molecule has 3 rings (SSSR count). The lowest BCUT2D eigenvalue weighted by atomic mass is 10.1. The lowest BCUT2D eigenvalue weighted by Crippen LogP contribution is -2.39. The molecule has 1 amide bonds. The van der Waals surface area contributed by atoms with Crippen molar-refractivity contribution in [2.24, 2.45) is 0 Å². The molecule has 2 heterocycles. The molecular formula is C13H12F3N5O. The van der Waals surface area contributed by atoms with Crippen molar-refractivity contribution in [2.75, 3.05) is 12.3 Å². The maximum absolute atomic E-state index is 12.8. The molecule has 0 fully saturated rings. The first-order valence-corrected chi connectivity index (χ1v) is 6.50. The maximum Gasteiger partial charge on any atom is 0.451 e. The van der Waals surface area contributed by atoms with Crippen LogP contribution in [0.4, 0.5) is 18.9 Å². The van der Waals surface area contributed by atoms with Crippen LogP contribution < -0.4 is 5.73 Å². The number of aromatic nitrogens is 3. The average Bonchev–Trinajstić information content (AvgIpc) is 2.90. The first kappa shape index (κ1) is 14.4. The highest BCUT2D eigenvalue weighted by Crippen LogP contribution is 2.29. The van der Waals surface area contributed by atoms with E-state index in [1.165, 1.54) is 4.90 Å². The van der Waals surface area contributed by atoms with Crippen molar-refractivity contribution in [1.82, 2.24) is 19.7 Å². The van der Waals surface area contributed by atoms with Crippen LogP contribution in [0.2, 0.25) is 0 Å². The monoisotopic (exact) mass is 311 g/mol. The molecule has 0 radical (unpaired) electrons. The Bertz CT molecular complexity index is 707. The van der Waals surface area contributed by atoms with Gasteiger partial charge in [-0.2, -0.15) is 13.2 Å². The van der Waals surface area contributed by atoms with Gasteiger partial charge in [0.1, 0.15) is 0 Å². The summed E-state index contributed by atoms with van der Waals surface area (Å²) in [5.41, 5.74) is 6.52. The molecule has 1 aliphatic heterocycles. The van der Waals surface area contributed by atoms with Crippen LogP contribution in [0.3, 0.4) is 0 Å². The molecule has 1 aromatic heterocycles. The minimum atomic E-state index is -4.55. The molecule has 9 heteroatoms. The number of hydrogen-bond acceptors (Lipinski definition) is 4. The Kier molecular flexibility index (Phi) is 3.27. The van der Waals surface area contributed by atoms with E-state index in [0.29, 0.717) is 11.3 Å². The molecule has 0 bridgehead atoms. The molecule has 1 aliphatic rings. The Morgan fingerprint density at radius 1 is 1.14 bits per heavy atom. The zero-order valence-electron chi connectivity index (χ0n) is 11.3. The third kappa shape index (κ3) is 2.49. The number of halogens is 3. The first-order valence-electron chi connectivity index (χ1n) is 6.50. The number of hydrogen-bond donors (Lipinski definition) is 1. The number of rotatable bonds is 1. The second kappa shape index (κ2) is 5.00. The largest absolute Gasteiger partial charge is 0.451 e. The zero-order valence-corrected chi connectivity index (χ0v) is 11.3. The van der Waals surface area contributed by atoms with Crippen LogP contribution in [0.5, 0.6) is 0 Å². The van der Waals surface area contributed by atoms with E-state index in [4.69, 9.17) is 5.73 Å². The van der Waals surface area contributed by atoms with Gasteiger partial charge in [0, 0.05) is 24.3 Å². The summed E-state index contributed by atoms with van der Waals surface area (Å²) in [4.78, 5) is 13.8. The van der Waals surface area contributed by atoms with Gasteiger partial charge >= 0.3 is 6.18 Å². The molecule has 0 spiro atoms. The fourth-order valence-electron chi connectivity index (χ4n) is 2.35. The Hall–Kier alpha value is -2.58. The van der Waals surface area contributed by atoms with Crippen LogP contribution in [0.25, 0.3) is 0 Å². The van der Waals surface area contributed by atoms with Crippen molar-refractivity contribution in [1.29, 1.82) is 0 Å². The molecule has 2 aromatic rings. The third-order valence-electron chi connectivity index (χ3n) is 3.45. The first-order chi connectivity index (χ1) is 10.4. The second-order valence-corrected chi connectivity index (χ2v) is 4.94. The Morgan fingerprint density at radius 3 is 2.45 bits per heavy atom. The number of alkyl halides is 3. The summed E-state index contributed by atoms with van der Waals surface area (Å²) in [5, 5.41) is 6.72. The molecule has 0 saturated carbocycles. The van der Waals surface area contributed by atoms with Gasteiger partial charge in [0.05, 0.1) is 6.54 Å². The van der Waals surface area contributed by atoms with Crippen LogP contribution in [-0.4, -0.2) is 32.1 Å². The molecule has 0 atom stereocenters. The third-order valence-corrected chi connectivity index (χ3v) is 3.45. The van der Waals surface area contributed by atoms with Gasteiger partial charge in [-0.05, 0) is 24.3 Å². The van der Waals surface area contributed by atoms with E-state index < -0.39 is 12.0 Å². The topological polar surface area (TPSA) is 77.0 Å². The Morgan fingerprint density at radius 2 is 1.82 bits per heavy atom. The van der Waals surface area contributed by atoms with Crippen molar-refractivity contribution in [2.45, 2.75) is 19.3 Å². The fraction of sp³-hybridized carbons (Fsp3) is 0.308. The molecule has 0 saturated heterocycles. The maximum atomic E-state index is 12.8. The summed E-state index contributed by atoms with van der Waals surface area (Å²) < 4.78 is 39.3. The van der Waals surface area contributed by atoms with Crippen LogP contribution in [0.1, 0.15) is 22.0 Å². The summed E-state index contributed by atoms with van der Waals surface area (Å²) in [6.45, 7) is 0.168. The van der Waals surface area contributed by atoms with Gasteiger partial charge in [0.2, 0.25) is 5.82 Å². The number of nitrogen functional groups attached to an aromatic ring is 1. The average molecular weight is 311 g/mol. The number of anilines is 1. The minimum absolute atomic E-state index is 0.00765. The zero-order chi connectivity index (χ0) is 15.9. The number of amides is 1. The fourth-order valence-corrected chi connectivity index (χ4v) is 2.35. The van der Waals surface area contributed by atoms with Crippen LogP contribution in [-0.2, 0) is 19.3 Å². The molecule has 116 valence electrons. The van der Waals surface area contributed by atoms with Crippen molar-refractivity contribution < 1.29 is 18.0 Å². The smallest absolute Gasteiger partial charge is 0.399 e. The molecule has 0 unspecified atom stereocenters. The van der Waals surface area contributed by atoms with Gasteiger partial charge in [0.25, 0.3) is 5.91 Å². The van der Waals surface area contributed by atoms with Gasteiger partial charge in [0.15, 0.2) is 5.82 Å². The van der Waals surface area contributed by atoms with E-state index in [0.717, 1.165) is 4.57 Å². The highest BCUT2D eigenvalue weighted by Gasteiger charge is 2.39. The number of nitrogens with two attached hydrogens (primary N) is 1. The highest BCUT2D eigenvalue weighted by molar-refractivity contribution is 5.94. The predicted molar refractivity (Wildman–Crippen MR) is 70.6 cm³/mol. The highest BCUT2D eigenvalue weighted by atomic mass is 19.4. The van der Waals surface area contributed by atoms with Gasteiger partial charge in [-0.15, -0.1) is 10.2 Å².